The van der Waals surface area contributed by atoms with Crippen molar-refractivity contribution in [2.75, 3.05) is 11.9 Å². The predicted molar refractivity (Wildman–Crippen MR) is 92.6 cm³/mol. The van der Waals surface area contributed by atoms with Gasteiger partial charge in [-0.05, 0) is 48.4 Å². The second kappa shape index (κ2) is 8.18. The lowest BCUT2D eigenvalue weighted by Gasteiger charge is -2.07. The molecular weight excluding hydrogens is 319 g/mol. The minimum Gasteiger partial charge on any atom is -0.326 e. The van der Waals surface area contributed by atoms with Crippen LogP contribution < -0.4 is 10.6 Å². The van der Waals surface area contributed by atoms with Gasteiger partial charge in [0.25, 0.3) is 0 Å². The normalized spacial score (nSPS) is 10.5. The van der Waals surface area contributed by atoms with E-state index < -0.39 is 0 Å². The molecule has 0 saturated heterocycles. The molecule has 0 bridgehead atoms. The quantitative estimate of drug-likeness (QED) is 0.773. The van der Waals surface area contributed by atoms with E-state index in [1.807, 2.05) is 42.5 Å². The Morgan fingerprint density at radius 2 is 1.68 bits per heavy atom. The van der Waals surface area contributed by atoms with E-state index in [9.17, 15) is 4.79 Å². The van der Waals surface area contributed by atoms with E-state index in [1.165, 1.54) is 12.5 Å². The number of hydrogen-bond donors (Lipinski definition) is 2. The Morgan fingerprint density at radius 3 is 2.32 bits per heavy atom. The minimum atomic E-state index is -0.0625. The van der Waals surface area contributed by atoms with Crippen molar-refractivity contribution in [1.29, 1.82) is 0 Å². The van der Waals surface area contributed by atoms with Crippen LogP contribution in [0.1, 0.15) is 18.1 Å². The summed E-state index contributed by atoms with van der Waals surface area (Å²) in [6, 6.07) is 13.5. The van der Waals surface area contributed by atoms with Crippen LogP contribution in [0.2, 0.25) is 10.0 Å². The molecule has 2 N–H and O–H groups in total. The van der Waals surface area contributed by atoms with Crippen molar-refractivity contribution in [2.45, 2.75) is 19.9 Å². The smallest absolute Gasteiger partial charge is 0.221 e. The monoisotopic (exact) mass is 336 g/mol. The Labute approximate surface area is 140 Å². The summed E-state index contributed by atoms with van der Waals surface area (Å²) in [6.07, 6.45) is 0.890. The third kappa shape index (κ3) is 5.34. The Hall–Kier alpha value is -1.55. The van der Waals surface area contributed by atoms with Gasteiger partial charge in [0, 0.05) is 19.2 Å². The van der Waals surface area contributed by atoms with Gasteiger partial charge in [0.1, 0.15) is 0 Å². The van der Waals surface area contributed by atoms with Crippen molar-refractivity contribution >= 4 is 34.8 Å². The summed E-state index contributed by atoms with van der Waals surface area (Å²) in [5.41, 5.74) is 3.14. The standard InChI is InChI=1S/C17H18Cl2N2O/c1-12(22)21-15-5-2-14(3-6-15)11-20-9-8-13-4-7-16(18)17(19)10-13/h2-7,10,20H,8-9,11H2,1H3,(H,21,22). The Kier molecular flexibility index (Phi) is 6.25. The number of amides is 1. The van der Waals surface area contributed by atoms with Gasteiger partial charge in [-0.3, -0.25) is 4.79 Å². The number of rotatable bonds is 6. The molecule has 3 nitrogen and oxygen atoms in total. The highest BCUT2D eigenvalue weighted by molar-refractivity contribution is 6.42. The minimum absolute atomic E-state index is 0.0625. The number of halogens is 2. The molecule has 0 aliphatic carbocycles. The summed E-state index contributed by atoms with van der Waals surface area (Å²) in [7, 11) is 0. The molecule has 2 rings (SSSR count). The Bertz CT molecular complexity index is 642. The molecule has 2 aromatic rings. The number of carbonyl (C=O) groups excluding carboxylic acids is 1. The summed E-state index contributed by atoms with van der Waals surface area (Å²) in [5.74, 6) is -0.0625. The van der Waals surface area contributed by atoms with Crippen molar-refractivity contribution in [1.82, 2.24) is 5.32 Å². The van der Waals surface area contributed by atoms with Gasteiger partial charge in [-0.15, -0.1) is 0 Å². The lowest BCUT2D eigenvalue weighted by Crippen LogP contribution is -2.16. The third-order valence-corrected chi connectivity index (χ3v) is 3.92. The highest BCUT2D eigenvalue weighted by Gasteiger charge is 2.00. The number of carbonyl (C=O) groups is 1. The van der Waals surface area contributed by atoms with Crippen LogP contribution in [0, 0.1) is 0 Å². The fraction of sp³-hybridized carbons (Fsp3) is 0.235. The topological polar surface area (TPSA) is 41.1 Å². The van der Waals surface area contributed by atoms with Crippen LogP contribution in [0.5, 0.6) is 0 Å². The fourth-order valence-corrected chi connectivity index (χ4v) is 2.39. The van der Waals surface area contributed by atoms with Crippen LogP contribution in [-0.2, 0) is 17.8 Å². The van der Waals surface area contributed by atoms with Gasteiger partial charge in [-0.25, -0.2) is 0 Å². The SMILES string of the molecule is CC(=O)Nc1ccc(CNCCc2ccc(Cl)c(Cl)c2)cc1. The summed E-state index contributed by atoms with van der Waals surface area (Å²) in [6.45, 7) is 3.13. The number of benzene rings is 2. The van der Waals surface area contributed by atoms with E-state index in [2.05, 4.69) is 10.6 Å². The van der Waals surface area contributed by atoms with Gasteiger partial charge in [-0.1, -0.05) is 41.4 Å². The zero-order valence-electron chi connectivity index (χ0n) is 12.3. The lowest BCUT2D eigenvalue weighted by molar-refractivity contribution is -0.114. The van der Waals surface area contributed by atoms with Crippen molar-refractivity contribution < 1.29 is 4.79 Å². The van der Waals surface area contributed by atoms with Crippen LogP contribution in [0.3, 0.4) is 0 Å². The maximum Gasteiger partial charge on any atom is 0.221 e. The first kappa shape index (κ1) is 16.8. The van der Waals surface area contributed by atoms with Gasteiger partial charge >= 0.3 is 0 Å². The van der Waals surface area contributed by atoms with E-state index >= 15 is 0 Å². The highest BCUT2D eigenvalue weighted by Crippen LogP contribution is 2.22. The number of anilines is 1. The molecule has 0 spiro atoms. The zero-order valence-corrected chi connectivity index (χ0v) is 13.8. The second-order valence-electron chi connectivity index (χ2n) is 5.05. The number of nitrogens with one attached hydrogen (secondary N) is 2. The molecule has 22 heavy (non-hydrogen) atoms. The first-order chi connectivity index (χ1) is 10.5. The molecule has 2 aromatic carbocycles. The second-order valence-corrected chi connectivity index (χ2v) is 5.87. The molecule has 1 amide bonds. The lowest BCUT2D eigenvalue weighted by atomic mass is 10.1. The van der Waals surface area contributed by atoms with E-state index in [-0.39, 0.29) is 5.91 Å². The molecule has 116 valence electrons. The molecule has 0 fully saturated rings. The third-order valence-electron chi connectivity index (χ3n) is 3.18. The molecular formula is C17H18Cl2N2O. The molecule has 0 aliphatic rings. The predicted octanol–water partition coefficient (Wildman–Crippen LogP) is 4.28. The van der Waals surface area contributed by atoms with Crippen LogP contribution in [-0.4, -0.2) is 12.5 Å². The summed E-state index contributed by atoms with van der Waals surface area (Å²) in [5, 5.41) is 7.30. The molecule has 0 aromatic heterocycles. The molecule has 5 heteroatoms. The maximum absolute atomic E-state index is 10.9. The van der Waals surface area contributed by atoms with E-state index in [0.717, 1.165) is 30.8 Å². The molecule has 0 aliphatic heterocycles. The van der Waals surface area contributed by atoms with Gasteiger partial charge < -0.3 is 10.6 Å². The average molecular weight is 337 g/mol. The van der Waals surface area contributed by atoms with Crippen LogP contribution in [0.4, 0.5) is 5.69 Å². The fourth-order valence-electron chi connectivity index (χ4n) is 2.07. The summed E-state index contributed by atoms with van der Waals surface area (Å²) in [4.78, 5) is 10.9. The summed E-state index contributed by atoms with van der Waals surface area (Å²) >= 11 is 11.9. The van der Waals surface area contributed by atoms with Crippen LogP contribution in [0.25, 0.3) is 0 Å². The largest absolute Gasteiger partial charge is 0.326 e. The Morgan fingerprint density at radius 1 is 1.00 bits per heavy atom. The highest BCUT2D eigenvalue weighted by atomic mass is 35.5. The van der Waals surface area contributed by atoms with Gasteiger partial charge in [0.15, 0.2) is 0 Å². The zero-order chi connectivity index (χ0) is 15.9. The van der Waals surface area contributed by atoms with Crippen molar-refractivity contribution in [3.05, 3.63) is 63.6 Å². The number of hydrogen-bond acceptors (Lipinski definition) is 2. The van der Waals surface area contributed by atoms with Crippen molar-refractivity contribution in [3.63, 3.8) is 0 Å². The van der Waals surface area contributed by atoms with E-state index in [1.54, 1.807) is 0 Å². The van der Waals surface area contributed by atoms with Crippen LogP contribution in [0.15, 0.2) is 42.5 Å². The van der Waals surface area contributed by atoms with E-state index in [4.69, 9.17) is 23.2 Å². The summed E-state index contributed by atoms with van der Waals surface area (Å²) < 4.78 is 0. The van der Waals surface area contributed by atoms with E-state index in [0.29, 0.717) is 10.0 Å². The van der Waals surface area contributed by atoms with Crippen LogP contribution >= 0.6 is 23.2 Å². The van der Waals surface area contributed by atoms with Crippen molar-refractivity contribution in [2.24, 2.45) is 0 Å². The first-order valence-corrected chi connectivity index (χ1v) is 7.81. The van der Waals surface area contributed by atoms with Gasteiger partial charge in [-0.2, -0.15) is 0 Å². The molecule has 0 heterocycles. The Balaban J connectivity index is 1.76. The van der Waals surface area contributed by atoms with Gasteiger partial charge in [0.2, 0.25) is 5.91 Å². The maximum atomic E-state index is 10.9. The average Bonchev–Trinajstić information content (AvgIpc) is 2.48. The molecule has 0 saturated carbocycles. The van der Waals surface area contributed by atoms with Crippen molar-refractivity contribution in [3.8, 4) is 0 Å². The molecule has 0 unspecified atom stereocenters. The first-order valence-electron chi connectivity index (χ1n) is 7.06. The molecule has 0 atom stereocenters. The molecule has 0 radical (unpaired) electrons. The van der Waals surface area contributed by atoms with Gasteiger partial charge in [0.05, 0.1) is 10.0 Å².